The zero-order valence-corrected chi connectivity index (χ0v) is 18.2. The highest BCUT2D eigenvalue weighted by atomic mass is 32.2. The first kappa shape index (κ1) is 24.6. The summed E-state index contributed by atoms with van der Waals surface area (Å²) in [6, 6.07) is 11.7. The molecule has 3 rings (SSSR count). The van der Waals surface area contributed by atoms with Gasteiger partial charge in [-0.3, -0.25) is 9.59 Å². The first-order valence-electron chi connectivity index (χ1n) is 9.68. The summed E-state index contributed by atoms with van der Waals surface area (Å²) < 4.78 is 61.0. The SMILES string of the molecule is O=C(COC(=O)c1occc1CS(=O)(=O)c1ccccc1)NCC(=O)Nc1ccc(F)c(F)c1. The Balaban J connectivity index is 1.49. The Morgan fingerprint density at radius 3 is 2.38 bits per heavy atom. The molecule has 0 unspecified atom stereocenters. The second-order valence-corrected chi connectivity index (χ2v) is 8.87. The molecule has 0 saturated heterocycles. The van der Waals surface area contributed by atoms with E-state index in [1.807, 2.05) is 0 Å². The fourth-order valence-corrected chi connectivity index (χ4v) is 4.13. The number of carbonyl (C=O) groups excluding carboxylic acids is 3. The van der Waals surface area contributed by atoms with Crippen molar-refractivity contribution in [3.05, 3.63) is 83.8 Å². The molecule has 1 aromatic heterocycles. The molecule has 9 nitrogen and oxygen atoms in total. The quantitative estimate of drug-likeness (QED) is 0.439. The van der Waals surface area contributed by atoms with Crippen molar-refractivity contribution in [2.45, 2.75) is 10.6 Å². The van der Waals surface area contributed by atoms with Crippen molar-refractivity contribution in [2.24, 2.45) is 0 Å². The highest BCUT2D eigenvalue weighted by molar-refractivity contribution is 7.90. The average molecular weight is 492 g/mol. The van der Waals surface area contributed by atoms with Crippen LogP contribution in [-0.2, 0) is 29.9 Å². The van der Waals surface area contributed by atoms with E-state index in [2.05, 4.69) is 10.6 Å². The van der Waals surface area contributed by atoms with E-state index in [-0.39, 0.29) is 21.9 Å². The van der Waals surface area contributed by atoms with Crippen molar-refractivity contribution in [2.75, 3.05) is 18.5 Å². The molecule has 2 aromatic carbocycles. The lowest BCUT2D eigenvalue weighted by Gasteiger charge is -2.08. The maximum absolute atomic E-state index is 13.2. The first-order chi connectivity index (χ1) is 16.2. The molecule has 0 spiro atoms. The van der Waals surface area contributed by atoms with E-state index in [0.29, 0.717) is 0 Å². The van der Waals surface area contributed by atoms with E-state index in [1.165, 1.54) is 18.2 Å². The lowest BCUT2D eigenvalue weighted by Crippen LogP contribution is -2.35. The summed E-state index contributed by atoms with van der Waals surface area (Å²) in [6.07, 6.45) is 1.12. The smallest absolute Gasteiger partial charge is 0.375 e. The molecular formula is C22H18F2N2O7S. The van der Waals surface area contributed by atoms with Crippen LogP contribution in [0, 0.1) is 11.6 Å². The maximum atomic E-state index is 13.2. The number of nitrogens with one attached hydrogen (secondary N) is 2. The second-order valence-electron chi connectivity index (χ2n) is 6.88. The number of amides is 2. The van der Waals surface area contributed by atoms with Crippen molar-refractivity contribution < 1.29 is 40.7 Å². The summed E-state index contributed by atoms with van der Waals surface area (Å²) in [5, 5.41) is 4.44. The minimum absolute atomic E-state index is 0.0135. The van der Waals surface area contributed by atoms with Crippen LogP contribution in [0.5, 0.6) is 0 Å². The molecule has 34 heavy (non-hydrogen) atoms. The normalized spacial score (nSPS) is 11.0. The van der Waals surface area contributed by atoms with Gasteiger partial charge < -0.3 is 19.8 Å². The van der Waals surface area contributed by atoms with Crippen molar-refractivity contribution in [1.82, 2.24) is 5.32 Å². The molecule has 3 aromatic rings. The Kier molecular flexibility index (Phi) is 7.74. The fourth-order valence-electron chi connectivity index (χ4n) is 2.75. The maximum Gasteiger partial charge on any atom is 0.375 e. The van der Waals surface area contributed by atoms with Crippen LogP contribution in [0.15, 0.2) is 70.2 Å². The number of hydrogen-bond donors (Lipinski definition) is 2. The Labute approximate surface area is 192 Å². The monoisotopic (exact) mass is 492 g/mol. The van der Waals surface area contributed by atoms with Crippen LogP contribution in [0.3, 0.4) is 0 Å². The molecule has 12 heteroatoms. The number of hydrogen-bond acceptors (Lipinski definition) is 7. The number of ether oxygens (including phenoxy) is 1. The van der Waals surface area contributed by atoms with Gasteiger partial charge >= 0.3 is 5.97 Å². The number of esters is 1. The van der Waals surface area contributed by atoms with Gasteiger partial charge in [-0.05, 0) is 30.3 Å². The Morgan fingerprint density at radius 1 is 0.941 bits per heavy atom. The second kappa shape index (κ2) is 10.7. The van der Waals surface area contributed by atoms with E-state index in [9.17, 15) is 31.6 Å². The molecule has 0 saturated carbocycles. The van der Waals surface area contributed by atoms with Gasteiger partial charge in [-0.1, -0.05) is 18.2 Å². The molecule has 0 radical (unpaired) electrons. The van der Waals surface area contributed by atoms with Crippen molar-refractivity contribution in [3.63, 3.8) is 0 Å². The third-order valence-corrected chi connectivity index (χ3v) is 6.05. The number of anilines is 1. The zero-order chi connectivity index (χ0) is 24.7. The van der Waals surface area contributed by atoms with Crippen LogP contribution in [0.25, 0.3) is 0 Å². The van der Waals surface area contributed by atoms with Crippen LogP contribution in [0.2, 0.25) is 0 Å². The predicted octanol–water partition coefficient (Wildman–Crippen LogP) is 2.44. The number of rotatable bonds is 9. The van der Waals surface area contributed by atoms with Gasteiger partial charge in [0.1, 0.15) is 0 Å². The Morgan fingerprint density at radius 2 is 1.68 bits per heavy atom. The summed E-state index contributed by atoms with van der Waals surface area (Å²) >= 11 is 0. The lowest BCUT2D eigenvalue weighted by molar-refractivity contribution is -0.126. The summed E-state index contributed by atoms with van der Waals surface area (Å²) in [5.41, 5.74) is 0.0422. The van der Waals surface area contributed by atoms with Crippen LogP contribution in [-0.4, -0.2) is 39.4 Å². The summed E-state index contributed by atoms with van der Waals surface area (Å²) in [4.78, 5) is 36.0. The largest absolute Gasteiger partial charge is 0.457 e. The molecular weight excluding hydrogens is 474 g/mol. The van der Waals surface area contributed by atoms with E-state index in [4.69, 9.17) is 9.15 Å². The third kappa shape index (κ3) is 6.48. The number of sulfone groups is 1. The zero-order valence-electron chi connectivity index (χ0n) is 17.4. The van der Waals surface area contributed by atoms with Crippen LogP contribution < -0.4 is 10.6 Å². The minimum Gasteiger partial charge on any atom is -0.457 e. The van der Waals surface area contributed by atoms with Gasteiger partial charge in [0.25, 0.3) is 5.91 Å². The topological polar surface area (TPSA) is 132 Å². The molecule has 0 fully saturated rings. The van der Waals surface area contributed by atoms with E-state index in [0.717, 1.165) is 24.5 Å². The molecule has 2 N–H and O–H groups in total. The highest BCUT2D eigenvalue weighted by Gasteiger charge is 2.24. The Hall–Kier alpha value is -4.06. The third-order valence-electron chi connectivity index (χ3n) is 4.36. The van der Waals surface area contributed by atoms with Gasteiger partial charge in [-0.2, -0.15) is 0 Å². The van der Waals surface area contributed by atoms with Gasteiger partial charge in [-0.25, -0.2) is 22.0 Å². The van der Waals surface area contributed by atoms with Crippen molar-refractivity contribution >= 4 is 33.3 Å². The number of carbonyl (C=O) groups is 3. The number of furan rings is 1. The lowest BCUT2D eigenvalue weighted by atomic mass is 10.3. The molecule has 0 bridgehead atoms. The van der Waals surface area contributed by atoms with Gasteiger partial charge in [0.2, 0.25) is 11.7 Å². The van der Waals surface area contributed by atoms with Gasteiger partial charge in [0.15, 0.2) is 28.1 Å². The van der Waals surface area contributed by atoms with E-state index in [1.54, 1.807) is 18.2 Å². The first-order valence-corrected chi connectivity index (χ1v) is 11.3. The van der Waals surface area contributed by atoms with Crippen molar-refractivity contribution in [1.29, 1.82) is 0 Å². The molecule has 0 aliphatic rings. The van der Waals surface area contributed by atoms with Crippen LogP contribution in [0.4, 0.5) is 14.5 Å². The number of halogens is 2. The molecule has 1 heterocycles. The van der Waals surface area contributed by atoms with E-state index < -0.39 is 58.2 Å². The predicted molar refractivity (Wildman–Crippen MR) is 114 cm³/mol. The van der Waals surface area contributed by atoms with E-state index >= 15 is 0 Å². The molecule has 178 valence electrons. The highest BCUT2D eigenvalue weighted by Crippen LogP contribution is 2.20. The molecule has 0 aliphatic heterocycles. The minimum atomic E-state index is -3.76. The standard InChI is InChI=1S/C22H18F2N2O7S/c23-17-7-6-15(10-18(17)24)26-19(27)11-25-20(28)12-33-22(29)21-14(8-9-32-21)13-34(30,31)16-4-2-1-3-5-16/h1-10H,11-13H2,(H,25,28)(H,26,27). The molecule has 0 atom stereocenters. The van der Waals surface area contributed by atoms with Crippen molar-refractivity contribution in [3.8, 4) is 0 Å². The van der Waals surface area contributed by atoms with Gasteiger partial charge in [0, 0.05) is 17.3 Å². The van der Waals surface area contributed by atoms with Crippen LogP contribution >= 0.6 is 0 Å². The van der Waals surface area contributed by atoms with Gasteiger partial charge in [0.05, 0.1) is 23.5 Å². The number of benzene rings is 2. The molecule has 2 amide bonds. The average Bonchev–Trinajstić information content (AvgIpc) is 3.26. The van der Waals surface area contributed by atoms with Crippen LogP contribution in [0.1, 0.15) is 16.1 Å². The fraction of sp³-hybridized carbons (Fsp3) is 0.136. The summed E-state index contributed by atoms with van der Waals surface area (Å²) in [7, 11) is -3.76. The Bertz CT molecular complexity index is 1310. The summed E-state index contributed by atoms with van der Waals surface area (Å²) in [6.45, 7) is -1.31. The van der Waals surface area contributed by atoms with Gasteiger partial charge in [-0.15, -0.1) is 0 Å². The molecule has 0 aliphatic carbocycles. The summed E-state index contributed by atoms with van der Waals surface area (Å²) in [5.74, 6) is -5.75.